The van der Waals surface area contributed by atoms with Gasteiger partial charge in [-0.2, -0.15) is 9.44 Å². The molecule has 0 radical (unpaired) electrons. The Labute approximate surface area is 317 Å². The highest BCUT2D eigenvalue weighted by Crippen LogP contribution is 2.59. The summed E-state index contributed by atoms with van der Waals surface area (Å²) in [5.74, 6) is -1.21. The number of imidazole rings is 1. The van der Waals surface area contributed by atoms with E-state index in [0.29, 0.717) is 23.1 Å². The van der Waals surface area contributed by atoms with Crippen LogP contribution in [0.5, 0.6) is 0 Å². The highest BCUT2D eigenvalue weighted by Gasteiger charge is 2.73. The Hall–Kier alpha value is -3.72. The van der Waals surface area contributed by atoms with Crippen LogP contribution in [-0.4, -0.2) is 68.4 Å². The Kier molecular flexibility index (Phi) is 9.95. The van der Waals surface area contributed by atoms with Crippen LogP contribution in [0.15, 0.2) is 87.7 Å². The number of carbonyl (C=O) groups is 2. The highest BCUT2D eigenvalue weighted by atomic mass is 79.9. The normalized spacial score (nSPS) is 25.2. The average Bonchev–Trinajstić information content (AvgIpc) is 3.55. The van der Waals surface area contributed by atoms with Crippen molar-refractivity contribution in [3.63, 3.8) is 0 Å². The number of aromatic nitrogens is 3. The first-order chi connectivity index (χ1) is 24.5. The van der Waals surface area contributed by atoms with E-state index in [1.807, 2.05) is 74.5 Å². The molecular formula is C33H35BrN6O8S4. The number of hydrogen-bond donors (Lipinski definition) is 3. The number of nitrogens with zero attached hydrogens (tertiary/aromatic N) is 3. The van der Waals surface area contributed by atoms with Gasteiger partial charge in [0.05, 0.1) is 26.1 Å². The minimum absolute atomic E-state index is 0.0365. The first-order valence-corrected chi connectivity index (χ1v) is 21.3. The maximum atomic E-state index is 13.1. The van der Waals surface area contributed by atoms with Gasteiger partial charge >= 0.3 is 11.9 Å². The second kappa shape index (κ2) is 13.6. The van der Waals surface area contributed by atoms with Gasteiger partial charge < -0.3 is 15.2 Å². The van der Waals surface area contributed by atoms with Crippen LogP contribution in [0.3, 0.4) is 0 Å². The quantitative estimate of drug-likeness (QED) is 0.128. The molecule has 7 rings (SSSR count). The van der Waals surface area contributed by atoms with Crippen LogP contribution in [-0.2, 0) is 55.3 Å². The number of hydrogen-bond acceptors (Lipinski definition) is 13. The summed E-state index contributed by atoms with van der Waals surface area (Å²) in [6.07, 6.45) is 5.08. The lowest BCUT2D eigenvalue weighted by Gasteiger charge is -2.22. The molecule has 0 bridgehead atoms. The van der Waals surface area contributed by atoms with Gasteiger partial charge in [-0.3, -0.25) is 4.40 Å². The van der Waals surface area contributed by atoms with Crippen LogP contribution >= 0.6 is 38.6 Å². The molecule has 4 N–H and O–H groups in total. The van der Waals surface area contributed by atoms with Crippen molar-refractivity contribution in [2.45, 2.75) is 62.3 Å². The van der Waals surface area contributed by atoms with Crippen molar-refractivity contribution in [1.29, 1.82) is 0 Å². The number of esters is 2. The van der Waals surface area contributed by atoms with Crippen molar-refractivity contribution in [2.75, 3.05) is 20.0 Å². The molecule has 3 heterocycles. The number of methoxy groups -OCH3 is 2. The van der Waals surface area contributed by atoms with Crippen LogP contribution in [0, 0.1) is 0 Å². The van der Waals surface area contributed by atoms with Crippen molar-refractivity contribution in [3.8, 4) is 0 Å². The Bertz CT molecular complexity index is 2340. The van der Waals surface area contributed by atoms with Crippen molar-refractivity contribution in [2.24, 2.45) is 0 Å². The molecule has 3 aromatic heterocycles. The summed E-state index contributed by atoms with van der Waals surface area (Å²) in [6.45, 7) is 3.70. The summed E-state index contributed by atoms with van der Waals surface area (Å²) < 4.78 is 68.2. The second-order valence-corrected chi connectivity index (χ2v) is 19.3. The Balaban J connectivity index is 0.000000181. The predicted molar refractivity (Wildman–Crippen MR) is 199 cm³/mol. The molecule has 0 amide bonds. The molecule has 19 heteroatoms. The van der Waals surface area contributed by atoms with Gasteiger partial charge in [0.25, 0.3) is 20.0 Å². The minimum Gasteiger partial charge on any atom is -0.468 e. The molecule has 0 saturated heterocycles. The minimum atomic E-state index is -3.95. The van der Waals surface area contributed by atoms with Crippen molar-refractivity contribution in [3.05, 3.63) is 96.1 Å². The van der Waals surface area contributed by atoms with Gasteiger partial charge in [0.2, 0.25) is 0 Å². The molecule has 0 spiro atoms. The van der Waals surface area contributed by atoms with Crippen LogP contribution < -0.4 is 15.2 Å². The number of carbonyl (C=O) groups excluding carboxylic acids is 2. The summed E-state index contributed by atoms with van der Waals surface area (Å²) >= 11 is 5.23. The number of thiazole rings is 2. The molecule has 52 heavy (non-hydrogen) atoms. The number of halogens is 1. The zero-order valence-electron chi connectivity index (χ0n) is 28.3. The van der Waals surface area contributed by atoms with E-state index in [0.717, 1.165) is 39.5 Å². The fourth-order valence-electron chi connectivity index (χ4n) is 6.57. The lowest BCUT2D eigenvalue weighted by atomic mass is 9.93. The molecule has 0 unspecified atom stereocenters. The number of nitrogens with one attached hydrogen (secondary N) is 2. The van der Waals surface area contributed by atoms with E-state index in [1.54, 1.807) is 10.6 Å². The fourth-order valence-corrected chi connectivity index (χ4v) is 11.9. The van der Waals surface area contributed by atoms with E-state index in [1.165, 1.54) is 26.6 Å². The van der Waals surface area contributed by atoms with Gasteiger partial charge in [-0.05, 0) is 24.0 Å². The van der Waals surface area contributed by atoms with Crippen molar-refractivity contribution in [1.82, 2.24) is 23.8 Å². The first kappa shape index (κ1) is 38.0. The SMILES string of the molecule is COC(=O)[C@]1(NS(=O)(=O)c2cn3cc(CBr)nc3s2)C[C@]1(C)c1ccccc1.COC(=O)[C@]1(NS(=O)(=O)c2cnc(N)s2)C[C@]1(C)c1ccccc1. The number of fused-ring (bicyclic) bond motifs is 1. The number of rotatable bonds is 11. The average molecular weight is 852 g/mol. The van der Waals surface area contributed by atoms with E-state index in [9.17, 15) is 26.4 Å². The molecule has 2 fully saturated rings. The van der Waals surface area contributed by atoms with Gasteiger partial charge in [-0.25, -0.2) is 36.4 Å². The summed E-state index contributed by atoms with van der Waals surface area (Å²) in [5, 5.41) is 0.729. The molecule has 5 aromatic rings. The Morgan fingerprint density at radius 1 is 0.827 bits per heavy atom. The monoisotopic (exact) mass is 850 g/mol. The maximum absolute atomic E-state index is 13.1. The zero-order chi connectivity index (χ0) is 37.7. The van der Waals surface area contributed by atoms with Gasteiger partial charge in [-0.15, -0.1) is 0 Å². The molecular weight excluding hydrogens is 817 g/mol. The molecule has 2 saturated carbocycles. The lowest BCUT2D eigenvalue weighted by molar-refractivity contribution is -0.145. The van der Waals surface area contributed by atoms with Crippen LogP contribution in [0.2, 0.25) is 0 Å². The Morgan fingerprint density at radius 2 is 1.31 bits per heavy atom. The van der Waals surface area contributed by atoms with E-state index in [-0.39, 0.29) is 13.5 Å². The molecule has 4 atom stereocenters. The van der Waals surface area contributed by atoms with E-state index >= 15 is 0 Å². The number of anilines is 1. The van der Waals surface area contributed by atoms with Crippen molar-refractivity contribution >= 4 is 80.7 Å². The van der Waals surface area contributed by atoms with Gasteiger partial charge in [-0.1, -0.05) is 113 Å². The molecule has 2 aromatic carbocycles. The highest BCUT2D eigenvalue weighted by molar-refractivity contribution is 9.08. The Morgan fingerprint density at radius 3 is 1.71 bits per heavy atom. The topological polar surface area (TPSA) is 201 Å². The van der Waals surface area contributed by atoms with Gasteiger partial charge in [0.15, 0.2) is 18.5 Å². The standard InChI is InChI=1S/C18H18BrN3O4S2.C15H17N3O4S2/c1-17(12-6-4-3-5-7-12)11-18(17,15(23)26-2)21-28(24,25)14-10-22-9-13(8-19)20-16(22)27-14;1-14(10-6-4-3-5-7-10)9-15(14,12(19)22-2)18-24(20,21)11-8-17-13(16)23-11/h3-7,9-10,21H,8,11H2,1-2H3;3-8,18H,9H2,1-2H3,(H2,16,17)/t17-,18-;14-,15-/m11/s1. The van der Waals surface area contributed by atoms with Crippen LogP contribution in [0.1, 0.15) is 43.5 Å². The number of benzene rings is 2. The summed E-state index contributed by atoms with van der Waals surface area (Å²) in [6, 6.07) is 18.7. The van der Waals surface area contributed by atoms with E-state index in [2.05, 4.69) is 35.3 Å². The van der Waals surface area contributed by atoms with Crippen LogP contribution in [0.25, 0.3) is 4.96 Å². The third-order valence-corrected chi connectivity index (χ3v) is 16.0. The lowest BCUT2D eigenvalue weighted by Crippen LogP contribution is -2.48. The van der Waals surface area contributed by atoms with E-state index < -0.39 is 53.9 Å². The molecule has 276 valence electrons. The molecule has 14 nitrogen and oxygen atoms in total. The van der Waals surface area contributed by atoms with Crippen molar-refractivity contribution < 1.29 is 35.9 Å². The second-order valence-electron chi connectivity index (χ2n) is 12.9. The largest absolute Gasteiger partial charge is 0.468 e. The smallest absolute Gasteiger partial charge is 0.328 e. The summed E-state index contributed by atoms with van der Waals surface area (Å²) in [7, 11) is -5.38. The van der Waals surface area contributed by atoms with E-state index in [4.69, 9.17) is 15.2 Å². The third-order valence-electron chi connectivity index (χ3n) is 9.73. The summed E-state index contributed by atoms with van der Waals surface area (Å²) in [5.41, 5.74) is 4.00. The number of ether oxygens (including phenoxy) is 2. The number of sulfonamides is 2. The number of nitrogens with two attached hydrogens (primary N) is 1. The predicted octanol–water partition coefficient (Wildman–Crippen LogP) is 4.12. The number of alkyl halides is 1. The van der Waals surface area contributed by atoms with Gasteiger partial charge in [0.1, 0.15) is 11.1 Å². The van der Waals surface area contributed by atoms with Gasteiger partial charge in [0, 0.05) is 28.6 Å². The molecule has 2 aliphatic carbocycles. The maximum Gasteiger partial charge on any atom is 0.328 e. The summed E-state index contributed by atoms with van der Waals surface area (Å²) in [4.78, 5) is 33.7. The fraction of sp³-hybridized carbons (Fsp3) is 0.333. The molecule has 0 aliphatic heterocycles. The number of nitrogen functional groups attached to an aromatic ring is 1. The van der Waals surface area contributed by atoms with Crippen LogP contribution in [0.4, 0.5) is 5.13 Å². The first-order valence-electron chi connectivity index (χ1n) is 15.6. The molecule has 2 aliphatic rings. The zero-order valence-corrected chi connectivity index (χ0v) is 33.2. The third kappa shape index (κ3) is 6.45.